The third-order valence-electron chi connectivity index (χ3n) is 4.58. The summed E-state index contributed by atoms with van der Waals surface area (Å²) in [5.41, 5.74) is 0.802. The number of nitrogens with one attached hydrogen (secondary N) is 1. The van der Waals surface area contributed by atoms with E-state index in [0.717, 1.165) is 5.56 Å². The molecule has 1 heterocycles. The largest absolute Gasteiger partial charge is 0.497 e. The van der Waals surface area contributed by atoms with E-state index >= 15 is 0 Å². The van der Waals surface area contributed by atoms with E-state index in [2.05, 4.69) is 5.32 Å². The highest BCUT2D eigenvalue weighted by atomic mass is 16.5. The quantitative estimate of drug-likeness (QED) is 0.563. The second-order valence-corrected chi connectivity index (χ2v) is 6.51. The molecule has 0 fully saturated rings. The summed E-state index contributed by atoms with van der Waals surface area (Å²) in [7, 11) is 4.75. The SMILES string of the molecule is COc1ccc(OC)c([C@H](C)NC(=O)c2ccc(COc3ccccc3OC)o2)c1. The number of benzene rings is 2. The average molecular weight is 411 g/mol. The minimum Gasteiger partial charge on any atom is -0.497 e. The topological polar surface area (TPSA) is 79.2 Å². The number of rotatable bonds is 9. The van der Waals surface area contributed by atoms with Gasteiger partial charge in [0.15, 0.2) is 17.3 Å². The standard InChI is InChI=1S/C23H25NO6/c1-15(18-13-16(26-2)9-11-19(18)27-3)24-23(25)22-12-10-17(30-22)14-29-21-8-6-5-7-20(21)28-4/h5-13,15H,14H2,1-4H3,(H,24,25)/t15-/m0/s1. The van der Waals surface area contributed by atoms with Crippen molar-refractivity contribution in [1.82, 2.24) is 5.32 Å². The van der Waals surface area contributed by atoms with Crippen molar-refractivity contribution in [3.8, 4) is 23.0 Å². The molecule has 0 saturated carbocycles. The Labute approximate surface area is 175 Å². The molecular formula is C23H25NO6. The van der Waals surface area contributed by atoms with E-state index in [1.54, 1.807) is 51.7 Å². The second kappa shape index (κ2) is 9.73. The lowest BCUT2D eigenvalue weighted by atomic mass is 10.1. The van der Waals surface area contributed by atoms with Crippen LogP contribution in [0.5, 0.6) is 23.0 Å². The van der Waals surface area contributed by atoms with E-state index in [-0.39, 0.29) is 24.3 Å². The molecule has 1 aromatic heterocycles. The van der Waals surface area contributed by atoms with Gasteiger partial charge in [-0.15, -0.1) is 0 Å². The van der Waals surface area contributed by atoms with Crippen LogP contribution in [0.4, 0.5) is 0 Å². The summed E-state index contributed by atoms with van der Waals surface area (Å²) in [5, 5.41) is 2.91. The summed E-state index contributed by atoms with van der Waals surface area (Å²) < 4.78 is 27.3. The fourth-order valence-electron chi connectivity index (χ4n) is 2.99. The number of carbonyl (C=O) groups excluding carboxylic acids is 1. The molecule has 7 heteroatoms. The number of methoxy groups -OCH3 is 3. The molecule has 3 rings (SSSR count). The first kappa shape index (κ1) is 21.1. The van der Waals surface area contributed by atoms with Gasteiger partial charge < -0.3 is 28.7 Å². The van der Waals surface area contributed by atoms with E-state index < -0.39 is 0 Å². The lowest BCUT2D eigenvalue weighted by molar-refractivity contribution is 0.0907. The number of hydrogen-bond donors (Lipinski definition) is 1. The maximum absolute atomic E-state index is 12.6. The molecule has 3 aromatic rings. The third-order valence-corrected chi connectivity index (χ3v) is 4.58. The molecule has 2 aromatic carbocycles. The Morgan fingerprint density at radius 1 is 0.933 bits per heavy atom. The zero-order valence-corrected chi connectivity index (χ0v) is 17.4. The molecule has 0 spiro atoms. The van der Waals surface area contributed by atoms with Crippen LogP contribution < -0.4 is 24.3 Å². The lowest BCUT2D eigenvalue weighted by Gasteiger charge is -2.17. The van der Waals surface area contributed by atoms with Crippen molar-refractivity contribution in [2.45, 2.75) is 19.6 Å². The summed E-state index contributed by atoms with van der Waals surface area (Å²) >= 11 is 0. The number of carbonyl (C=O) groups is 1. The predicted molar refractivity (Wildman–Crippen MR) is 111 cm³/mol. The van der Waals surface area contributed by atoms with Crippen molar-refractivity contribution in [3.05, 3.63) is 71.7 Å². The molecule has 0 aliphatic rings. The molecule has 1 amide bonds. The molecule has 1 atom stereocenters. The Morgan fingerprint density at radius 3 is 2.37 bits per heavy atom. The first-order chi connectivity index (χ1) is 14.5. The average Bonchev–Trinajstić information content (AvgIpc) is 3.26. The fraction of sp³-hybridized carbons (Fsp3) is 0.261. The van der Waals surface area contributed by atoms with Crippen molar-refractivity contribution < 1.29 is 28.2 Å². The van der Waals surface area contributed by atoms with E-state index in [4.69, 9.17) is 23.4 Å². The smallest absolute Gasteiger partial charge is 0.287 e. The summed E-state index contributed by atoms with van der Waals surface area (Å²) in [6.45, 7) is 2.04. The summed E-state index contributed by atoms with van der Waals surface area (Å²) in [4.78, 5) is 12.6. The van der Waals surface area contributed by atoms with Gasteiger partial charge >= 0.3 is 0 Å². The maximum atomic E-state index is 12.6. The number of ether oxygens (including phenoxy) is 4. The Bertz CT molecular complexity index is 997. The van der Waals surface area contributed by atoms with Gasteiger partial charge in [0, 0.05) is 5.56 Å². The number of furan rings is 1. The van der Waals surface area contributed by atoms with Gasteiger partial charge in [0.25, 0.3) is 5.91 Å². The van der Waals surface area contributed by atoms with Gasteiger partial charge in [-0.05, 0) is 49.4 Å². The summed E-state index contributed by atoms with van der Waals surface area (Å²) in [5.74, 6) is 2.95. The number of hydrogen-bond acceptors (Lipinski definition) is 6. The molecule has 0 aliphatic heterocycles. The molecule has 0 unspecified atom stereocenters. The van der Waals surface area contributed by atoms with Gasteiger partial charge in [-0.2, -0.15) is 0 Å². The first-order valence-corrected chi connectivity index (χ1v) is 9.43. The van der Waals surface area contributed by atoms with E-state index in [9.17, 15) is 4.79 Å². The molecule has 158 valence electrons. The fourth-order valence-corrected chi connectivity index (χ4v) is 2.99. The van der Waals surface area contributed by atoms with Crippen molar-refractivity contribution >= 4 is 5.91 Å². The van der Waals surface area contributed by atoms with Crippen LogP contribution in [-0.2, 0) is 6.61 Å². The van der Waals surface area contributed by atoms with Crippen LogP contribution in [0, 0.1) is 0 Å². The van der Waals surface area contributed by atoms with E-state index in [0.29, 0.717) is 28.8 Å². The zero-order chi connectivity index (χ0) is 21.5. The minimum absolute atomic E-state index is 0.174. The molecule has 7 nitrogen and oxygen atoms in total. The lowest BCUT2D eigenvalue weighted by Crippen LogP contribution is -2.26. The van der Waals surface area contributed by atoms with Crippen LogP contribution in [0.1, 0.15) is 34.8 Å². The highest BCUT2D eigenvalue weighted by molar-refractivity contribution is 5.91. The highest BCUT2D eigenvalue weighted by Crippen LogP contribution is 2.30. The van der Waals surface area contributed by atoms with Crippen LogP contribution in [0.3, 0.4) is 0 Å². The van der Waals surface area contributed by atoms with Gasteiger partial charge in [-0.1, -0.05) is 12.1 Å². The Hall–Kier alpha value is -3.61. The molecule has 0 aliphatic carbocycles. The predicted octanol–water partition coefficient (Wildman–Crippen LogP) is 4.38. The van der Waals surface area contributed by atoms with Crippen LogP contribution >= 0.6 is 0 Å². The normalized spacial score (nSPS) is 11.5. The van der Waals surface area contributed by atoms with Crippen LogP contribution in [-0.4, -0.2) is 27.2 Å². The van der Waals surface area contributed by atoms with E-state index in [1.165, 1.54) is 0 Å². The number of para-hydroxylation sites is 2. The monoisotopic (exact) mass is 411 g/mol. The Balaban J connectivity index is 1.65. The van der Waals surface area contributed by atoms with Gasteiger partial charge in [0.05, 0.1) is 27.4 Å². The Kier molecular flexibility index (Phi) is 6.85. The van der Waals surface area contributed by atoms with E-state index in [1.807, 2.05) is 31.2 Å². The Morgan fingerprint density at radius 2 is 1.67 bits per heavy atom. The molecule has 0 saturated heterocycles. The van der Waals surface area contributed by atoms with Crippen LogP contribution in [0.25, 0.3) is 0 Å². The molecular weight excluding hydrogens is 386 g/mol. The second-order valence-electron chi connectivity index (χ2n) is 6.51. The van der Waals surface area contributed by atoms with Gasteiger partial charge in [-0.3, -0.25) is 4.79 Å². The van der Waals surface area contributed by atoms with Crippen molar-refractivity contribution in [1.29, 1.82) is 0 Å². The maximum Gasteiger partial charge on any atom is 0.287 e. The van der Waals surface area contributed by atoms with Gasteiger partial charge in [0.2, 0.25) is 0 Å². The van der Waals surface area contributed by atoms with Gasteiger partial charge in [0.1, 0.15) is 23.9 Å². The van der Waals surface area contributed by atoms with Crippen molar-refractivity contribution in [2.75, 3.05) is 21.3 Å². The molecule has 30 heavy (non-hydrogen) atoms. The van der Waals surface area contributed by atoms with Gasteiger partial charge in [-0.25, -0.2) is 0 Å². The molecule has 0 radical (unpaired) electrons. The van der Waals surface area contributed by atoms with Crippen LogP contribution in [0.15, 0.2) is 59.0 Å². The zero-order valence-electron chi connectivity index (χ0n) is 17.4. The minimum atomic E-state index is -0.337. The highest BCUT2D eigenvalue weighted by Gasteiger charge is 2.18. The van der Waals surface area contributed by atoms with Crippen LogP contribution in [0.2, 0.25) is 0 Å². The molecule has 1 N–H and O–H groups in total. The third kappa shape index (κ3) is 4.86. The van der Waals surface area contributed by atoms with Crippen molar-refractivity contribution in [2.24, 2.45) is 0 Å². The summed E-state index contributed by atoms with van der Waals surface area (Å²) in [6, 6.07) is 15.8. The first-order valence-electron chi connectivity index (χ1n) is 9.43. The van der Waals surface area contributed by atoms with Crippen molar-refractivity contribution in [3.63, 3.8) is 0 Å². The summed E-state index contributed by atoms with van der Waals surface area (Å²) in [6.07, 6.45) is 0. The molecule has 0 bridgehead atoms. The number of amides is 1.